The predicted octanol–water partition coefficient (Wildman–Crippen LogP) is 5.07. The molecule has 0 spiro atoms. The Bertz CT molecular complexity index is 1480. The first-order valence-corrected chi connectivity index (χ1v) is 11.2. The highest BCUT2D eigenvalue weighted by atomic mass is 35.5. The Labute approximate surface area is 201 Å². The van der Waals surface area contributed by atoms with Gasteiger partial charge in [0.2, 0.25) is 0 Å². The van der Waals surface area contributed by atoms with E-state index in [0.29, 0.717) is 40.1 Å². The number of amides is 1. The standard InChI is InChI=1S/C26H24ClN3O4/c1-5-28-25(32)20-12-18-19(13-30(4)26(33)22(18)29-20)17-10-9-16(24(27)31)11-21(17)34-23-14(2)7-6-8-15(23)3/h6-13,29H,5H2,1-4H3,(H,28,32). The van der Waals surface area contributed by atoms with Gasteiger partial charge in [-0.05, 0) is 67.8 Å². The van der Waals surface area contributed by atoms with Crippen molar-refractivity contribution in [3.63, 3.8) is 0 Å². The number of halogens is 1. The molecule has 2 aromatic heterocycles. The minimum Gasteiger partial charge on any atom is -0.456 e. The van der Waals surface area contributed by atoms with Crippen molar-refractivity contribution in [2.45, 2.75) is 20.8 Å². The molecule has 0 aliphatic heterocycles. The molecule has 7 nitrogen and oxygen atoms in total. The van der Waals surface area contributed by atoms with Gasteiger partial charge in [0.25, 0.3) is 16.7 Å². The van der Waals surface area contributed by atoms with Gasteiger partial charge in [-0.25, -0.2) is 0 Å². The Morgan fingerprint density at radius 3 is 2.44 bits per heavy atom. The summed E-state index contributed by atoms with van der Waals surface area (Å²) in [7, 11) is 1.64. The Morgan fingerprint density at radius 2 is 1.79 bits per heavy atom. The van der Waals surface area contributed by atoms with Gasteiger partial charge in [-0.1, -0.05) is 18.2 Å². The zero-order valence-corrected chi connectivity index (χ0v) is 20.0. The van der Waals surface area contributed by atoms with Crippen molar-refractivity contribution in [3.05, 3.63) is 81.4 Å². The molecule has 174 valence electrons. The molecule has 0 atom stereocenters. The lowest BCUT2D eigenvalue weighted by molar-refractivity contribution is 0.0951. The van der Waals surface area contributed by atoms with Gasteiger partial charge in [0.1, 0.15) is 22.7 Å². The van der Waals surface area contributed by atoms with E-state index < -0.39 is 5.24 Å². The number of rotatable bonds is 6. The van der Waals surface area contributed by atoms with E-state index in [9.17, 15) is 14.4 Å². The molecular formula is C26H24ClN3O4. The molecule has 4 rings (SSSR count). The van der Waals surface area contributed by atoms with E-state index in [1.165, 1.54) is 4.57 Å². The van der Waals surface area contributed by atoms with E-state index in [2.05, 4.69) is 10.3 Å². The van der Waals surface area contributed by atoms with Crippen LogP contribution in [-0.4, -0.2) is 27.2 Å². The molecule has 0 radical (unpaired) electrons. The summed E-state index contributed by atoms with van der Waals surface area (Å²) in [6, 6.07) is 12.4. The van der Waals surface area contributed by atoms with E-state index in [1.54, 1.807) is 37.5 Å². The third kappa shape index (κ3) is 4.22. The zero-order valence-electron chi connectivity index (χ0n) is 19.3. The Kier molecular flexibility index (Phi) is 6.30. The lowest BCUT2D eigenvalue weighted by Gasteiger charge is -2.17. The number of fused-ring (bicyclic) bond motifs is 1. The molecule has 2 heterocycles. The second-order valence-corrected chi connectivity index (χ2v) is 8.44. The summed E-state index contributed by atoms with van der Waals surface area (Å²) in [5, 5.41) is 2.70. The van der Waals surface area contributed by atoms with E-state index in [4.69, 9.17) is 16.3 Å². The molecule has 2 aromatic carbocycles. The maximum Gasteiger partial charge on any atom is 0.274 e. The van der Waals surface area contributed by atoms with Gasteiger partial charge >= 0.3 is 0 Å². The van der Waals surface area contributed by atoms with Gasteiger partial charge in [0.05, 0.1) is 0 Å². The van der Waals surface area contributed by atoms with E-state index in [1.807, 2.05) is 39.0 Å². The van der Waals surface area contributed by atoms with Crippen LogP contribution in [0.5, 0.6) is 11.5 Å². The number of nitrogens with zero attached hydrogens (tertiary/aromatic N) is 1. The van der Waals surface area contributed by atoms with Crippen LogP contribution in [-0.2, 0) is 7.05 Å². The van der Waals surface area contributed by atoms with Crippen molar-refractivity contribution in [3.8, 4) is 22.6 Å². The molecule has 34 heavy (non-hydrogen) atoms. The third-order valence-electron chi connectivity index (χ3n) is 5.67. The van der Waals surface area contributed by atoms with Gasteiger partial charge in [-0.2, -0.15) is 0 Å². The molecule has 0 saturated heterocycles. The van der Waals surface area contributed by atoms with E-state index >= 15 is 0 Å². The SMILES string of the molecule is CCNC(=O)c1cc2c(-c3ccc(C(=O)Cl)cc3Oc3c(C)cccc3C)cn(C)c(=O)c2[nH]1. The van der Waals surface area contributed by atoms with Crippen molar-refractivity contribution in [2.24, 2.45) is 7.05 Å². The summed E-state index contributed by atoms with van der Waals surface area (Å²) in [6.07, 6.45) is 1.69. The normalized spacial score (nSPS) is 11.0. The number of aryl methyl sites for hydroxylation is 3. The molecule has 4 aromatic rings. The number of pyridine rings is 1. The molecule has 0 aliphatic rings. The number of hydrogen-bond acceptors (Lipinski definition) is 4. The monoisotopic (exact) mass is 477 g/mol. The van der Waals surface area contributed by atoms with Gasteiger partial charge in [0, 0.05) is 41.9 Å². The number of para-hydroxylation sites is 1. The molecule has 0 bridgehead atoms. The van der Waals surface area contributed by atoms with Crippen LogP contribution < -0.4 is 15.6 Å². The number of nitrogens with one attached hydrogen (secondary N) is 2. The highest BCUT2D eigenvalue weighted by Crippen LogP contribution is 2.39. The topological polar surface area (TPSA) is 93.2 Å². The van der Waals surface area contributed by atoms with Crippen molar-refractivity contribution < 1.29 is 14.3 Å². The quantitative estimate of drug-likeness (QED) is 0.379. The van der Waals surface area contributed by atoms with Gasteiger partial charge in [-0.3, -0.25) is 14.4 Å². The first-order valence-electron chi connectivity index (χ1n) is 10.8. The van der Waals surface area contributed by atoms with Crippen LogP contribution in [0.25, 0.3) is 22.0 Å². The zero-order chi connectivity index (χ0) is 24.6. The number of hydrogen-bond donors (Lipinski definition) is 2. The second-order valence-electron chi connectivity index (χ2n) is 8.10. The minimum atomic E-state index is -0.608. The summed E-state index contributed by atoms with van der Waals surface area (Å²) in [6.45, 7) is 6.16. The molecule has 0 fully saturated rings. The number of carbonyl (C=O) groups excluding carboxylic acids is 2. The Balaban J connectivity index is 1.98. The smallest absolute Gasteiger partial charge is 0.274 e. The van der Waals surface area contributed by atoms with Crippen molar-refractivity contribution in [1.29, 1.82) is 0 Å². The highest BCUT2D eigenvalue weighted by Gasteiger charge is 2.20. The fourth-order valence-corrected chi connectivity index (χ4v) is 4.07. The molecule has 0 unspecified atom stereocenters. The average Bonchev–Trinajstić information content (AvgIpc) is 3.25. The van der Waals surface area contributed by atoms with E-state index in [0.717, 1.165) is 11.1 Å². The molecule has 0 saturated carbocycles. The van der Waals surface area contributed by atoms with Crippen LogP contribution in [0.4, 0.5) is 0 Å². The van der Waals surface area contributed by atoms with Crippen molar-refractivity contribution in [1.82, 2.24) is 14.9 Å². The summed E-state index contributed by atoms with van der Waals surface area (Å²) in [4.78, 5) is 40.1. The van der Waals surface area contributed by atoms with Crippen molar-refractivity contribution >= 4 is 33.7 Å². The highest BCUT2D eigenvalue weighted by molar-refractivity contribution is 6.67. The predicted molar refractivity (Wildman–Crippen MR) is 133 cm³/mol. The third-order valence-corrected chi connectivity index (χ3v) is 5.88. The maximum absolute atomic E-state index is 12.8. The van der Waals surface area contributed by atoms with Crippen LogP contribution in [0.3, 0.4) is 0 Å². The largest absolute Gasteiger partial charge is 0.456 e. The minimum absolute atomic E-state index is 0.265. The Hall–Kier alpha value is -3.84. The van der Waals surface area contributed by atoms with Crippen molar-refractivity contribution in [2.75, 3.05) is 6.54 Å². The number of ether oxygens (including phenoxy) is 1. The van der Waals surface area contributed by atoms with Crippen LogP contribution in [0.1, 0.15) is 38.9 Å². The van der Waals surface area contributed by atoms with Crippen LogP contribution in [0.15, 0.2) is 53.5 Å². The fourth-order valence-electron chi connectivity index (χ4n) is 3.95. The van der Waals surface area contributed by atoms with E-state index in [-0.39, 0.29) is 22.7 Å². The van der Waals surface area contributed by atoms with Crippen LogP contribution in [0, 0.1) is 13.8 Å². The number of benzene rings is 2. The second kappa shape index (κ2) is 9.19. The summed E-state index contributed by atoms with van der Waals surface area (Å²) in [5.41, 5.74) is 3.77. The van der Waals surface area contributed by atoms with Gasteiger partial charge in [0.15, 0.2) is 0 Å². The average molecular weight is 478 g/mol. The number of H-pyrrole nitrogens is 1. The molecule has 1 amide bonds. The summed E-state index contributed by atoms with van der Waals surface area (Å²) in [5.74, 6) is 0.771. The number of carbonyl (C=O) groups is 2. The summed E-state index contributed by atoms with van der Waals surface area (Å²) >= 11 is 5.76. The molecular weight excluding hydrogens is 454 g/mol. The number of aromatic amines is 1. The lowest BCUT2D eigenvalue weighted by atomic mass is 10.0. The molecule has 8 heteroatoms. The molecule has 2 N–H and O–H groups in total. The number of aromatic nitrogens is 2. The van der Waals surface area contributed by atoms with Gasteiger partial charge < -0.3 is 19.6 Å². The van der Waals surface area contributed by atoms with Gasteiger partial charge in [-0.15, -0.1) is 0 Å². The molecule has 0 aliphatic carbocycles. The fraction of sp³-hybridized carbons (Fsp3) is 0.192. The first kappa shape index (κ1) is 23.3. The maximum atomic E-state index is 12.8. The Morgan fingerprint density at radius 1 is 1.09 bits per heavy atom. The summed E-state index contributed by atoms with van der Waals surface area (Å²) < 4.78 is 7.78. The first-order chi connectivity index (χ1) is 16.2. The van der Waals surface area contributed by atoms with Crippen LogP contribution >= 0.6 is 11.6 Å². The lowest BCUT2D eigenvalue weighted by Crippen LogP contribution is -2.23. The van der Waals surface area contributed by atoms with Crippen LogP contribution in [0.2, 0.25) is 0 Å².